The first-order valence-electron chi connectivity index (χ1n) is 8.20. The molecule has 0 N–H and O–H groups in total. The van der Waals surface area contributed by atoms with Gasteiger partial charge in [-0.3, -0.25) is 4.79 Å². The van der Waals surface area contributed by atoms with Gasteiger partial charge in [-0.15, -0.1) is 0 Å². The molecule has 0 fully saturated rings. The third-order valence-electron chi connectivity index (χ3n) is 3.78. The van der Waals surface area contributed by atoms with E-state index in [1.54, 1.807) is 0 Å². The molecule has 2 aromatic carbocycles. The molecule has 0 bridgehead atoms. The van der Waals surface area contributed by atoms with Gasteiger partial charge in [0.2, 0.25) is 0 Å². The van der Waals surface area contributed by atoms with Crippen molar-refractivity contribution in [1.82, 2.24) is 0 Å². The van der Waals surface area contributed by atoms with Crippen LogP contribution in [0.15, 0.2) is 48.5 Å². The minimum Gasteiger partial charge on any atom is -0.493 e. The lowest BCUT2D eigenvalue weighted by Gasteiger charge is -2.14. The van der Waals surface area contributed by atoms with Gasteiger partial charge in [-0.2, -0.15) is 0 Å². The van der Waals surface area contributed by atoms with Gasteiger partial charge >= 0.3 is 0 Å². The predicted octanol–water partition coefficient (Wildman–Crippen LogP) is 4.93. The van der Waals surface area contributed by atoms with Crippen LogP contribution < -0.4 is 4.74 Å². The van der Waals surface area contributed by atoms with Crippen LogP contribution in [-0.4, -0.2) is 24.7 Å². The zero-order chi connectivity index (χ0) is 17.4. The molecule has 0 aromatic heterocycles. The Kier molecular flexibility index (Phi) is 7.35. The van der Waals surface area contributed by atoms with Crippen LogP contribution in [-0.2, 0) is 10.6 Å². The van der Waals surface area contributed by atoms with Gasteiger partial charge in [-0.1, -0.05) is 43.3 Å². The molecule has 1 atom stereocenters. The maximum atomic E-state index is 12.8. The molecule has 2 rings (SSSR count). The van der Waals surface area contributed by atoms with Gasteiger partial charge in [0.25, 0.3) is 0 Å². The van der Waals surface area contributed by atoms with Gasteiger partial charge < -0.3 is 8.92 Å². The summed E-state index contributed by atoms with van der Waals surface area (Å²) in [5.74, 6) is 0.631. The fourth-order valence-corrected chi connectivity index (χ4v) is 2.82. The molecule has 0 aliphatic carbocycles. The lowest BCUT2D eigenvalue weighted by molar-refractivity contribution is 0.103. The molecule has 2 aromatic rings. The van der Waals surface area contributed by atoms with Crippen molar-refractivity contribution in [2.24, 2.45) is 0 Å². The molecule has 0 aliphatic rings. The smallest absolute Gasteiger partial charge is 0.196 e. The highest BCUT2D eigenvalue weighted by Crippen LogP contribution is 2.24. The zero-order valence-electron chi connectivity index (χ0n) is 14.5. The molecule has 4 heteroatoms. The first kappa shape index (κ1) is 18.6. The number of carbonyl (C=O) groups excluding carboxylic acids is 1. The number of ether oxygens (including phenoxy) is 1. The fourth-order valence-electron chi connectivity index (χ4n) is 2.39. The summed E-state index contributed by atoms with van der Waals surface area (Å²) in [4.78, 5) is 12.8. The SMILES string of the molecule is CCc1ccc(OCCC(C)OSC)c(C(=O)c2ccccc2)c1. The number of hydrogen-bond donors (Lipinski definition) is 0. The number of hydrogen-bond acceptors (Lipinski definition) is 4. The number of carbonyl (C=O) groups is 1. The molecule has 0 saturated heterocycles. The molecule has 0 heterocycles. The highest BCUT2D eigenvalue weighted by atomic mass is 32.2. The number of benzene rings is 2. The van der Waals surface area contributed by atoms with E-state index in [0.29, 0.717) is 23.5 Å². The predicted molar refractivity (Wildman–Crippen MR) is 99.9 cm³/mol. The first-order valence-corrected chi connectivity index (χ1v) is 9.35. The Balaban J connectivity index is 2.17. The van der Waals surface area contributed by atoms with Gasteiger partial charge in [0.05, 0.1) is 18.3 Å². The Hall–Kier alpha value is -1.78. The van der Waals surface area contributed by atoms with Crippen LogP contribution in [0.2, 0.25) is 0 Å². The summed E-state index contributed by atoms with van der Waals surface area (Å²) in [6, 6.07) is 15.2. The van der Waals surface area contributed by atoms with Crippen LogP contribution in [0.1, 0.15) is 41.8 Å². The molecule has 0 aliphatic heterocycles. The number of rotatable bonds is 9. The summed E-state index contributed by atoms with van der Waals surface area (Å²) in [6.45, 7) is 4.60. The normalized spacial score (nSPS) is 12.0. The molecular formula is C20H24O3S. The highest BCUT2D eigenvalue weighted by molar-refractivity contribution is 7.93. The van der Waals surface area contributed by atoms with E-state index in [1.807, 2.05) is 61.7 Å². The summed E-state index contributed by atoms with van der Waals surface area (Å²) < 4.78 is 11.3. The molecule has 1 unspecified atom stereocenters. The monoisotopic (exact) mass is 344 g/mol. The minimum absolute atomic E-state index is 0.00527. The van der Waals surface area contributed by atoms with Crippen LogP contribution in [0.5, 0.6) is 5.75 Å². The molecule has 0 spiro atoms. The van der Waals surface area contributed by atoms with Crippen LogP contribution in [0, 0.1) is 0 Å². The second kappa shape index (κ2) is 9.50. The zero-order valence-corrected chi connectivity index (χ0v) is 15.3. The van der Waals surface area contributed by atoms with Crippen LogP contribution in [0.4, 0.5) is 0 Å². The van der Waals surface area contributed by atoms with Crippen LogP contribution in [0.3, 0.4) is 0 Å². The van der Waals surface area contributed by atoms with E-state index in [0.717, 1.165) is 18.4 Å². The average molecular weight is 344 g/mol. The molecule has 0 amide bonds. The van der Waals surface area contributed by atoms with Crippen molar-refractivity contribution in [1.29, 1.82) is 0 Å². The Morgan fingerprint density at radius 3 is 2.58 bits per heavy atom. The lowest BCUT2D eigenvalue weighted by atomic mass is 9.99. The number of aryl methyl sites for hydroxylation is 1. The van der Waals surface area contributed by atoms with E-state index in [9.17, 15) is 4.79 Å². The van der Waals surface area contributed by atoms with E-state index in [4.69, 9.17) is 8.92 Å². The summed E-state index contributed by atoms with van der Waals surface area (Å²) in [7, 11) is 0. The van der Waals surface area contributed by atoms with Gasteiger partial charge in [-0.05, 0) is 43.1 Å². The van der Waals surface area contributed by atoms with Gasteiger partial charge in [0, 0.05) is 18.2 Å². The maximum absolute atomic E-state index is 12.8. The standard InChI is InChI=1S/C20H24O3S/c1-4-16-10-11-19(22-13-12-15(2)23-24-3)18(14-16)20(21)17-8-6-5-7-9-17/h5-11,14-15H,4,12-13H2,1-3H3. The van der Waals surface area contributed by atoms with E-state index in [-0.39, 0.29) is 11.9 Å². The van der Waals surface area contributed by atoms with Crippen molar-refractivity contribution in [2.75, 3.05) is 12.9 Å². The van der Waals surface area contributed by atoms with E-state index >= 15 is 0 Å². The van der Waals surface area contributed by atoms with Crippen molar-refractivity contribution in [3.63, 3.8) is 0 Å². The van der Waals surface area contributed by atoms with Crippen molar-refractivity contribution in [3.05, 3.63) is 65.2 Å². The molecule has 3 nitrogen and oxygen atoms in total. The lowest BCUT2D eigenvalue weighted by Crippen LogP contribution is -2.12. The minimum atomic E-state index is -0.00527. The number of ketones is 1. The second-order valence-electron chi connectivity index (χ2n) is 5.59. The van der Waals surface area contributed by atoms with Crippen molar-refractivity contribution in [2.45, 2.75) is 32.8 Å². The quantitative estimate of drug-likeness (QED) is 0.477. The van der Waals surface area contributed by atoms with Crippen molar-refractivity contribution >= 4 is 17.8 Å². The third-order valence-corrected chi connectivity index (χ3v) is 4.30. The summed E-state index contributed by atoms with van der Waals surface area (Å²) in [5.41, 5.74) is 2.43. The molecule has 128 valence electrons. The fraction of sp³-hybridized carbons (Fsp3) is 0.350. The third kappa shape index (κ3) is 5.11. The Morgan fingerprint density at radius 1 is 1.17 bits per heavy atom. The van der Waals surface area contributed by atoms with Crippen LogP contribution >= 0.6 is 12.0 Å². The van der Waals surface area contributed by atoms with Crippen LogP contribution in [0.25, 0.3) is 0 Å². The largest absolute Gasteiger partial charge is 0.493 e. The Bertz CT molecular complexity index is 655. The Morgan fingerprint density at radius 2 is 1.92 bits per heavy atom. The molecule has 0 radical (unpaired) electrons. The van der Waals surface area contributed by atoms with Gasteiger partial charge in [0.1, 0.15) is 5.75 Å². The van der Waals surface area contributed by atoms with Crippen molar-refractivity contribution in [3.8, 4) is 5.75 Å². The maximum Gasteiger partial charge on any atom is 0.196 e. The van der Waals surface area contributed by atoms with Crippen molar-refractivity contribution < 1.29 is 13.7 Å². The van der Waals surface area contributed by atoms with E-state index in [1.165, 1.54) is 12.0 Å². The summed E-state index contributed by atoms with van der Waals surface area (Å²) >= 11 is 1.36. The Labute approximate surface area is 148 Å². The van der Waals surface area contributed by atoms with Gasteiger partial charge in [-0.25, -0.2) is 0 Å². The van der Waals surface area contributed by atoms with Gasteiger partial charge in [0.15, 0.2) is 5.78 Å². The topological polar surface area (TPSA) is 35.5 Å². The molecular weight excluding hydrogens is 320 g/mol. The average Bonchev–Trinajstić information content (AvgIpc) is 2.62. The molecule has 24 heavy (non-hydrogen) atoms. The van der Waals surface area contributed by atoms with E-state index < -0.39 is 0 Å². The first-order chi connectivity index (χ1) is 11.7. The second-order valence-corrected chi connectivity index (χ2v) is 6.12. The summed E-state index contributed by atoms with van der Waals surface area (Å²) in [5, 5.41) is 0. The highest BCUT2D eigenvalue weighted by Gasteiger charge is 2.15. The molecule has 0 saturated carbocycles. The van der Waals surface area contributed by atoms with E-state index in [2.05, 4.69) is 6.92 Å². The summed E-state index contributed by atoms with van der Waals surface area (Å²) in [6.07, 6.45) is 3.67.